The highest BCUT2D eigenvalue weighted by Gasteiger charge is 2.09. The summed E-state index contributed by atoms with van der Waals surface area (Å²) in [5.41, 5.74) is 0.653. The van der Waals surface area contributed by atoms with Crippen LogP contribution in [0.5, 0.6) is 0 Å². The van der Waals surface area contributed by atoms with Gasteiger partial charge in [0.05, 0.1) is 6.10 Å². The SMILES string of the molecule is O=C(NCCNc1ncccn1)NC[C@@H](O)c1cccc(Cl)c1. The van der Waals surface area contributed by atoms with Gasteiger partial charge in [0.2, 0.25) is 5.95 Å². The van der Waals surface area contributed by atoms with Crippen molar-refractivity contribution < 1.29 is 9.90 Å². The number of amides is 2. The summed E-state index contributed by atoms with van der Waals surface area (Å²) in [7, 11) is 0. The molecule has 8 heteroatoms. The number of hydrogen-bond acceptors (Lipinski definition) is 5. The Morgan fingerprint density at radius 3 is 2.70 bits per heavy atom. The third kappa shape index (κ3) is 6.09. The Hall–Kier alpha value is -2.38. The van der Waals surface area contributed by atoms with E-state index >= 15 is 0 Å². The quantitative estimate of drug-likeness (QED) is 0.576. The number of aromatic nitrogens is 2. The number of nitrogens with one attached hydrogen (secondary N) is 3. The molecule has 122 valence electrons. The van der Waals surface area contributed by atoms with E-state index in [4.69, 9.17) is 11.6 Å². The van der Waals surface area contributed by atoms with Gasteiger partial charge in [-0.2, -0.15) is 0 Å². The molecule has 0 aliphatic carbocycles. The minimum absolute atomic E-state index is 0.0986. The van der Waals surface area contributed by atoms with Crippen LogP contribution in [0.4, 0.5) is 10.7 Å². The molecule has 0 radical (unpaired) electrons. The number of hydrogen-bond donors (Lipinski definition) is 4. The largest absolute Gasteiger partial charge is 0.387 e. The molecular formula is C15H18ClN5O2. The molecule has 7 nitrogen and oxygen atoms in total. The first-order valence-electron chi connectivity index (χ1n) is 7.11. The zero-order chi connectivity index (χ0) is 16.5. The first-order chi connectivity index (χ1) is 11.1. The summed E-state index contributed by atoms with van der Waals surface area (Å²) >= 11 is 5.86. The van der Waals surface area contributed by atoms with Gasteiger partial charge in [-0.3, -0.25) is 0 Å². The van der Waals surface area contributed by atoms with Crippen molar-refractivity contribution in [2.75, 3.05) is 25.0 Å². The maximum atomic E-state index is 11.6. The van der Waals surface area contributed by atoms with E-state index in [1.165, 1.54) is 0 Å². The molecular weight excluding hydrogens is 318 g/mol. The summed E-state index contributed by atoms with van der Waals surface area (Å²) in [6, 6.07) is 8.25. The summed E-state index contributed by atoms with van der Waals surface area (Å²) in [5.74, 6) is 0.506. The zero-order valence-electron chi connectivity index (χ0n) is 12.4. The van der Waals surface area contributed by atoms with Gasteiger partial charge in [-0.25, -0.2) is 14.8 Å². The molecule has 23 heavy (non-hydrogen) atoms. The smallest absolute Gasteiger partial charge is 0.314 e. The van der Waals surface area contributed by atoms with Gasteiger partial charge in [0.1, 0.15) is 0 Å². The minimum atomic E-state index is -0.810. The number of benzene rings is 1. The molecule has 0 bridgehead atoms. The van der Waals surface area contributed by atoms with Crippen LogP contribution >= 0.6 is 11.6 Å². The molecule has 0 fully saturated rings. The van der Waals surface area contributed by atoms with E-state index in [1.807, 2.05) is 0 Å². The zero-order valence-corrected chi connectivity index (χ0v) is 13.1. The van der Waals surface area contributed by atoms with Crippen molar-refractivity contribution in [2.24, 2.45) is 0 Å². The fourth-order valence-electron chi connectivity index (χ4n) is 1.82. The van der Waals surface area contributed by atoms with E-state index < -0.39 is 6.10 Å². The third-order valence-electron chi connectivity index (χ3n) is 2.95. The fourth-order valence-corrected chi connectivity index (χ4v) is 2.02. The molecule has 4 N–H and O–H groups in total. The van der Waals surface area contributed by atoms with Crippen LogP contribution in [-0.4, -0.2) is 40.7 Å². The third-order valence-corrected chi connectivity index (χ3v) is 3.18. The monoisotopic (exact) mass is 335 g/mol. The molecule has 0 unspecified atom stereocenters. The molecule has 1 atom stereocenters. The van der Waals surface area contributed by atoms with Gasteiger partial charge < -0.3 is 21.1 Å². The minimum Gasteiger partial charge on any atom is -0.387 e. The number of nitrogens with zero attached hydrogens (tertiary/aromatic N) is 2. The van der Waals surface area contributed by atoms with E-state index in [1.54, 1.807) is 42.7 Å². The molecule has 1 heterocycles. The summed E-state index contributed by atoms with van der Waals surface area (Å²) < 4.78 is 0. The van der Waals surface area contributed by atoms with Crippen molar-refractivity contribution in [1.29, 1.82) is 0 Å². The lowest BCUT2D eigenvalue weighted by Crippen LogP contribution is -2.39. The number of halogens is 1. The van der Waals surface area contributed by atoms with Gasteiger partial charge >= 0.3 is 6.03 Å². The maximum absolute atomic E-state index is 11.6. The van der Waals surface area contributed by atoms with E-state index in [-0.39, 0.29) is 12.6 Å². The number of rotatable bonds is 7. The number of carbonyl (C=O) groups excluding carboxylic acids is 1. The van der Waals surface area contributed by atoms with Crippen molar-refractivity contribution in [1.82, 2.24) is 20.6 Å². The Bertz CT molecular complexity index is 626. The van der Waals surface area contributed by atoms with Crippen LogP contribution < -0.4 is 16.0 Å². The predicted molar refractivity (Wildman–Crippen MR) is 88.3 cm³/mol. The van der Waals surface area contributed by atoms with Gasteiger partial charge in [0, 0.05) is 37.1 Å². The Kier molecular flexibility index (Phi) is 6.58. The first-order valence-corrected chi connectivity index (χ1v) is 7.49. The van der Waals surface area contributed by atoms with E-state index in [0.717, 1.165) is 0 Å². The van der Waals surface area contributed by atoms with Gasteiger partial charge in [-0.05, 0) is 23.8 Å². The average Bonchev–Trinajstić information content (AvgIpc) is 2.57. The lowest BCUT2D eigenvalue weighted by atomic mass is 10.1. The van der Waals surface area contributed by atoms with Crippen LogP contribution in [0.1, 0.15) is 11.7 Å². The lowest BCUT2D eigenvalue weighted by molar-refractivity contribution is 0.173. The molecule has 0 spiro atoms. The van der Waals surface area contributed by atoms with Crippen molar-refractivity contribution >= 4 is 23.6 Å². The highest BCUT2D eigenvalue weighted by atomic mass is 35.5. The number of aliphatic hydroxyl groups is 1. The average molecular weight is 336 g/mol. The van der Waals surface area contributed by atoms with Gasteiger partial charge in [-0.15, -0.1) is 0 Å². The predicted octanol–water partition coefficient (Wildman–Crippen LogP) is 1.57. The number of anilines is 1. The van der Waals surface area contributed by atoms with Gasteiger partial charge in [0.15, 0.2) is 0 Å². The molecule has 0 aliphatic rings. The lowest BCUT2D eigenvalue weighted by Gasteiger charge is -2.13. The van der Waals surface area contributed by atoms with Crippen LogP contribution in [0, 0.1) is 0 Å². The van der Waals surface area contributed by atoms with Crippen LogP contribution in [0.25, 0.3) is 0 Å². The molecule has 0 saturated heterocycles. The highest BCUT2D eigenvalue weighted by molar-refractivity contribution is 6.30. The summed E-state index contributed by atoms with van der Waals surface area (Å²) in [4.78, 5) is 19.6. The second-order valence-electron chi connectivity index (χ2n) is 4.71. The normalized spacial score (nSPS) is 11.6. The summed E-state index contributed by atoms with van der Waals surface area (Å²) in [6.07, 6.45) is 2.45. The summed E-state index contributed by atoms with van der Waals surface area (Å²) in [5, 5.41) is 18.8. The Morgan fingerprint density at radius 2 is 1.96 bits per heavy atom. The summed E-state index contributed by atoms with van der Waals surface area (Å²) in [6.45, 7) is 0.993. The topological polar surface area (TPSA) is 99.2 Å². The molecule has 2 amide bonds. The van der Waals surface area contributed by atoms with Crippen LogP contribution in [0.15, 0.2) is 42.7 Å². The van der Waals surface area contributed by atoms with Crippen molar-refractivity contribution in [3.05, 3.63) is 53.3 Å². The van der Waals surface area contributed by atoms with Crippen molar-refractivity contribution in [3.63, 3.8) is 0 Å². The number of carbonyl (C=O) groups is 1. The van der Waals surface area contributed by atoms with Gasteiger partial charge in [0.25, 0.3) is 0 Å². The molecule has 2 aromatic rings. The molecule has 1 aromatic heterocycles. The number of aliphatic hydroxyl groups excluding tert-OH is 1. The van der Waals surface area contributed by atoms with E-state index in [9.17, 15) is 9.90 Å². The Labute approximate surface area is 139 Å². The Morgan fingerprint density at radius 1 is 1.17 bits per heavy atom. The van der Waals surface area contributed by atoms with E-state index in [2.05, 4.69) is 25.9 Å². The fraction of sp³-hybridized carbons (Fsp3) is 0.267. The molecule has 0 saturated carbocycles. The highest BCUT2D eigenvalue weighted by Crippen LogP contribution is 2.16. The van der Waals surface area contributed by atoms with Crippen LogP contribution in [-0.2, 0) is 0 Å². The maximum Gasteiger partial charge on any atom is 0.314 e. The molecule has 1 aromatic carbocycles. The second kappa shape index (κ2) is 8.92. The van der Waals surface area contributed by atoms with Crippen LogP contribution in [0.2, 0.25) is 5.02 Å². The van der Waals surface area contributed by atoms with E-state index in [0.29, 0.717) is 29.6 Å². The standard InChI is InChI=1S/C15H18ClN5O2/c16-12-4-1-3-11(9-12)13(22)10-21-15(23)20-8-7-19-14-17-5-2-6-18-14/h1-6,9,13,22H,7-8,10H2,(H,17,18,19)(H2,20,21,23)/t13-/m1/s1. The van der Waals surface area contributed by atoms with Crippen molar-refractivity contribution in [2.45, 2.75) is 6.10 Å². The van der Waals surface area contributed by atoms with Crippen LogP contribution in [0.3, 0.4) is 0 Å². The second-order valence-corrected chi connectivity index (χ2v) is 5.14. The first kappa shape index (κ1) is 17.0. The van der Waals surface area contributed by atoms with Crippen molar-refractivity contribution in [3.8, 4) is 0 Å². The molecule has 0 aliphatic heterocycles. The number of urea groups is 1. The van der Waals surface area contributed by atoms with Gasteiger partial charge in [-0.1, -0.05) is 23.7 Å². The molecule has 2 rings (SSSR count). The Balaban J connectivity index is 1.63.